The highest BCUT2D eigenvalue weighted by Gasteiger charge is 2.12. The second-order valence-corrected chi connectivity index (χ2v) is 6.57. The molecule has 3 aromatic heterocycles. The molecule has 0 aromatic carbocycles. The van der Waals surface area contributed by atoms with Gasteiger partial charge in [0.05, 0.1) is 0 Å². The van der Waals surface area contributed by atoms with E-state index in [1.807, 2.05) is 12.3 Å². The Kier molecular flexibility index (Phi) is 4.38. The summed E-state index contributed by atoms with van der Waals surface area (Å²) in [5.41, 5.74) is 3.21. The number of aromatic nitrogens is 3. The van der Waals surface area contributed by atoms with E-state index in [-0.39, 0.29) is 0 Å². The Morgan fingerprint density at radius 2 is 2.25 bits per heavy atom. The molecule has 0 radical (unpaired) electrons. The van der Waals surface area contributed by atoms with Gasteiger partial charge in [0, 0.05) is 29.5 Å². The number of thiophene rings is 1. The molecule has 3 rings (SSSR count). The number of rotatable bonds is 5. The summed E-state index contributed by atoms with van der Waals surface area (Å²) in [5, 5.41) is 4.29. The van der Waals surface area contributed by atoms with E-state index in [4.69, 9.17) is 11.6 Å². The topological polar surface area (TPSA) is 30.7 Å². The Morgan fingerprint density at radius 3 is 3.00 bits per heavy atom. The van der Waals surface area contributed by atoms with Crippen LogP contribution in [0.3, 0.4) is 0 Å². The highest BCUT2D eigenvalue weighted by atomic mass is 79.9. The van der Waals surface area contributed by atoms with Crippen LogP contribution in [0.25, 0.3) is 11.2 Å². The minimum Gasteiger partial charge on any atom is -0.312 e. The van der Waals surface area contributed by atoms with Crippen LogP contribution in [-0.4, -0.2) is 20.4 Å². The van der Waals surface area contributed by atoms with Gasteiger partial charge in [-0.05, 0) is 50.8 Å². The normalized spacial score (nSPS) is 11.3. The quantitative estimate of drug-likeness (QED) is 0.628. The minimum atomic E-state index is 0.572. The Balaban J connectivity index is 1.95. The van der Waals surface area contributed by atoms with Crippen molar-refractivity contribution in [2.45, 2.75) is 19.4 Å². The summed E-state index contributed by atoms with van der Waals surface area (Å²) in [6.07, 6.45) is 3.57. The van der Waals surface area contributed by atoms with Crippen LogP contribution in [0.1, 0.15) is 11.4 Å². The lowest BCUT2D eigenvalue weighted by molar-refractivity contribution is 0.670. The van der Waals surface area contributed by atoms with E-state index in [0.29, 0.717) is 5.88 Å². The lowest BCUT2D eigenvalue weighted by Gasteiger charge is -2.07. The highest BCUT2D eigenvalue weighted by Crippen LogP contribution is 2.20. The van der Waals surface area contributed by atoms with Crippen molar-refractivity contribution < 1.29 is 0 Å². The molecule has 0 N–H and O–H groups in total. The highest BCUT2D eigenvalue weighted by molar-refractivity contribution is 9.10. The van der Waals surface area contributed by atoms with E-state index in [2.05, 4.69) is 47.3 Å². The van der Waals surface area contributed by atoms with Crippen LogP contribution in [0.5, 0.6) is 0 Å². The van der Waals surface area contributed by atoms with Gasteiger partial charge in [-0.1, -0.05) is 0 Å². The van der Waals surface area contributed by atoms with Crippen molar-refractivity contribution in [2.75, 3.05) is 5.88 Å². The molecule has 0 aliphatic heterocycles. The molecule has 0 aliphatic rings. The average molecular weight is 371 g/mol. The van der Waals surface area contributed by atoms with Crippen molar-refractivity contribution in [3.05, 3.63) is 45.0 Å². The largest absolute Gasteiger partial charge is 0.312 e. The zero-order valence-electron chi connectivity index (χ0n) is 10.7. The predicted octanol–water partition coefficient (Wildman–Crippen LogP) is 4.28. The first-order valence-corrected chi connectivity index (χ1v) is 8.62. The van der Waals surface area contributed by atoms with E-state index in [1.165, 1.54) is 5.56 Å². The first-order chi connectivity index (χ1) is 9.78. The summed E-state index contributed by atoms with van der Waals surface area (Å²) < 4.78 is 3.13. The number of hydrogen-bond donors (Lipinski definition) is 0. The number of pyridine rings is 1. The zero-order chi connectivity index (χ0) is 13.9. The monoisotopic (exact) mass is 369 g/mol. The van der Waals surface area contributed by atoms with Gasteiger partial charge in [0.25, 0.3) is 0 Å². The molecule has 0 saturated heterocycles. The van der Waals surface area contributed by atoms with E-state index in [9.17, 15) is 0 Å². The third-order valence-corrected chi connectivity index (χ3v) is 4.51. The van der Waals surface area contributed by atoms with Crippen LogP contribution in [0, 0.1) is 0 Å². The predicted molar refractivity (Wildman–Crippen MR) is 87.7 cm³/mol. The average Bonchev–Trinajstić information content (AvgIpc) is 3.04. The van der Waals surface area contributed by atoms with Gasteiger partial charge >= 0.3 is 0 Å². The summed E-state index contributed by atoms with van der Waals surface area (Å²) in [6.45, 7) is 0.883. The first kappa shape index (κ1) is 14.0. The molecular weight excluding hydrogens is 358 g/mol. The number of halogens is 2. The van der Waals surface area contributed by atoms with Crippen molar-refractivity contribution >= 4 is 50.0 Å². The second-order valence-electron chi connectivity index (χ2n) is 4.50. The van der Waals surface area contributed by atoms with Gasteiger partial charge in [-0.3, -0.25) is 0 Å². The van der Waals surface area contributed by atoms with Gasteiger partial charge in [0.15, 0.2) is 5.65 Å². The number of nitrogens with zero attached hydrogens (tertiary/aromatic N) is 3. The number of alkyl halides is 1. The van der Waals surface area contributed by atoms with Crippen LogP contribution in [0.15, 0.2) is 33.6 Å². The molecule has 0 amide bonds. The number of imidazole rings is 1. The summed E-state index contributed by atoms with van der Waals surface area (Å²) >= 11 is 11.1. The van der Waals surface area contributed by atoms with E-state index in [0.717, 1.165) is 40.8 Å². The Morgan fingerprint density at radius 1 is 1.35 bits per heavy atom. The van der Waals surface area contributed by atoms with Crippen molar-refractivity contribution in [2.24, 2.45) is 0 Å². The molecule has 104 valence electrons. The number of hydrogen-bond acceptors (Lipinski definition) is 3. The van der Waals surface area contributed by atoms with Gasteiger partial charge in [-0.2, -0.15) is 11.3 Å². The molecule has 0 atom stereocenters. The molecule has 0 fully saturated rings. The third-order valence-electron chi connectivity index (χ3n) is 3.15. The Hall–Kier alpha value is -0.910. The molecule has 0 aliphatic carbocycles. The first-order valence-electron chi connectivity index (χ1n) is 6.35. The molecule has 0 unspecified atom stereocenters. The molecule has 0 saturated carbocycles. The lowest BCUT2D eigenvalue weighted by atomic mass is 10.2. The van der Waals surface area contributed by atoms with Crippen molar-refractivity contribution in [3.8, 4) is 0 Å². The van der Waals surface area contributed by atoms with Crippen LogP contribution < -0.4 is 0 Å². The maximum Gasteiger partial charge on any atom is 0.160 e. The third kappa shape index (κ3) is 2.90. The molecule has 6 heteroatoms. The molecule has 3 nitrogen and oxygen atoms in total. The zero-order valence-corrected chi connectivity index (χ0v) is 13.9. The summed E-state index contributed by atoms with van der Waals surface area (Å²) in [4.78, 5) is 9.15. The van der Waals surface area contributed by atoms with Crippen LogP contribution in [0.4, 0.5) is 0 Å². The Bertz CT molecular complexity index is 709. The molecule has 3 aromatic rings. The molecule has 0 spiro atoms. The maximum absolute atomic E-state index is 5.89. The standard InChI is InChI=1S/C14H13BrClN3S/c15-11-7-12-14(17-8-11)19(13(18-12)1-4-16)5-2-10-3-6-20-9-10/h3,6-9H,1-2,4-5H2. The van der Waals surface area contributed by atoms with Crippen molar-refractivity contribution in [1.82, 2.24) is 14.5 Å². The SMILES string of the molecule is ClCCc1nc2cc(Br)cnc2n1CCc1ccsc1. The van der Waals surface area contributed by atoms with Gasteiger partial charge in [-0.25, -0.2) is 9.97 Å². The molecular formula is C14H13BrClN3S. The fourth-order valence-electron chi connectivity index (χ4n) is 2.22. The molecule has 3 heterocycles. The Labute approximate surface area is 134 Å². The van der Waals surface area contributed by atoms with Crippen LogP contribution >= 0.6 is 38.9 Å². The fraction of sp³-hybridized carbons (Fsp3) is 0.286. The molecule has 0 bridgehead atoms. The van der Waals surface area contributed by atoms with Crippen molar-refractivity contribution in [3.63, 3.8) is 0 Å². The minimum absolute atomic E-state index is 0.572. The number of fused-ring (bicyclic) bond motifs is 1. The van der Waals surface area contributed by atoms with Crippen LogP contribution in [0.2, 0.25) is 0 Å². The summed E-state index contributed by atoms with van der Waals surface area (Å²) in [6, 6.07) is 4.16. The summed E-state index contributed by atoms with van der Waals surface area (Å²) in [7, 11) is 0. The van der Waals surface area contributed by atoms with Crippen LogP contribution in [-0.2, 0) is 19.4 Å². The second kappa shape index (κ2) is 6.24. The summed E-state index contributed by atoms with van der Waals surface area (Å²) in [5.74, 6) is 1.58. The van der Waals surface area contributed by atoms with Gasteiger partial charge in [0.2, 0.25) is 0 Å². The maximum atomic E-state index is 5.89. The van der Waals surface area contributed by atoms with Crippen molar-refractivity contribution in [1.29, 1.82) is 0 Å². The van der Waals surface area contributed by atoms with Gasteiger partial charge in [0.1, 0.15) is 11.3 Å². The lowest BCUT2D eigenvalue weighted by Crippen LogP contribution is -2.07. The van der Waals surface area contributed by atoms with Gasteiger partial charge in [-0.15, -0.1) is 11.6 Å². The smallest absolute Gasteiger partial charge is 0.160 e. The van der Waals surface area contributed by atoms with E-state index >= 15 is 0 Å². The molecule has 20 heavy (non-hydrogen) atoms. The number of aryl methyl sites for hydroxylation is 3. The van der Waals surface area contributed by atoms with E-state index < -0.39 is 0 Å². The fourth-order valence-corrected chi connectivity index (χ4v) is 3.41. The van der Waals surface area contributed by atoms with Gasteiger partial charge < -0.3 is 4.57 Å². The van der Waals surface area contributed by atoms with E-state index in [1.54, 1.807) is 11.3 Å².